The summed E-state index contributed by atoms with van der Waals surface area (Å²) in [7, 11) is 1.26. The van der Waals surface area contributed by atoms with Crippen molar-refractivity contribution in [2.45, 2.75) is 6.18 Å². The fraction of sp³-hybridized carbons (Fsp3) is 0.182. The summed E-state index contributed by atoms with van der Waals surface area (Å²) in [6.07, 6.45) is -4.50. The quantitative estimate of drug-likeness (QED) is 0.892. The number of anilines is 1. The van der Waals surface area contributed by atoms with Gasteiger partial charge in [0, 0.05) is 6.07 Å². The molecule has 0 fully saturated rings. The van der Waals surface area contributed by atoms with Crippen LogP contribution in [-0.4, -0.2) is 17.3 Å². The molecule has 0 radical (unpaired) electrons. The van der Waals surface area contributed by atoms with Gasteiger partial charge in [-0.15, -0.1) is 0 Å². The molecule has 0 saturated heterocycles. The van der Waals surface area contributed by atoms with Crippen LogP contribution in [0.2, 0.25) is 5.02 Å². The molecule has 1 aromatic carbocycles. The zero-order valence-corrected chi connectivity index (χ0v) is 10.4. The van der Waals surface area contributed by atoms with E-state index < -0.39 is 11.7 Å². The molecule has 0 aliphatic heterocycles. The van der Waals surface area contributed by atoms with Gasteiger partial charge in [0.2, 0.25) is 0 Å². The summed E-state index contributed by atoms with van der Waals surface area (Å²) in [5, 5.41) is 6.17. The summed E-state index contributed by atoms with van der Waals surface area (Å²) >= 11 is 5.89. The highest BCUT2D eigenvalue weighted by atomic mass is 35.5. The van der Waals surface area contributed by atoms with Gasteiger partial charge in [-0.25, -0.2) is 0 Å². The Bertz CT molecular complexity index is 610. The molecule has 0 atom stereocenters. The minimum atomic E-state index is -4.50. The minimum absolute atomic E-state index is 0.0107. The Balaban J connectivity index is 2.62. The van der Waals surface area contributed by atoms with Crippen LogP contribution in [0.15, 0.2) is 18.2 Å². The molecule has 0 unspecified atom stereocenters. The van der Waals surface area contributed by atoms with E-state index in [1.165, 1.54) is 13.2 Å². The second-order valence-corrected chi connectivity index (χ2v) is 4.15. The number of ether oxygens (including phenoxy) is 1. The Hall–Kier alpha value is -1.89. The highest BCUT2D eigenvalue weighted by Crippen LogP contribution is 2.41. The Morgan fingerprint density at radius 2 is 2.00 bits per heavy atom. The molecule has 2 aromatic rings. The molecule has 0 spiro atoms. The van der Waals surface area contributed by atoms with Gasteiger partial charge in [0.1, 0.15) is 11.6 Å². The van der Waals surface area contributed by atoms with E-state index in [9.17, 15) is 13.2 Å². The van der Waals surface area contributed by atoms with Crippen LogP contribution < -0.4 is 10.5 Å². The summed E-state index contributed by atoms with van der Waals surface area (Å²) in [6, 6.07) is 3.16. The largest absolute Gasteiger partial charge is 0.496 e. The molecule has 0 aliphatic carbocycles. The maximum atomic E-state index is 12.7. The number of nitrogens with zero attached hydrogens (tertiary/aromatic N) is 1. The predicted octanol–water partition coefficient (Wildman–Crippen LogP) is 3.34. The van der Waals surface area contributed by atoms with E-state index in [1.54, 1.807) is 0 Å². The molecule has 102 valence electrons. The second kappa shape index (κ2) is 4.65. The molecule has 0 bridgehead atoms. The lowest BCUT2D eigenvalue weighted by Gasteiger charge is -2.13. The number of aromatic amines is 1. The first-order valence-electron chi connectivity index (χ1n) is 5.09. The van der Waals surface area contributed by atoms with Crippen molar-refractivity contribution >= 4 is 17.4 Å². The number of hydrogen-bond acceptors (Lipinski definition) is 3. The topological polar surface area (TPSA) is 63.9 Å². The van der Waals surface area contributed by atoms with Gasteiger partial charge in [0.15, 0.2) is 0 Å². The molecule has 3 N–H and O–H groups in total. The Labute approximate surface area is 111 Å². The fourth-order valence-electron chi connectivity index (χ4n) is 1.63. The van der Waals surface area contributed by atoms with Crippen molar-refractivity contribution in [2.75, 3.05) is 12.8 Å². The summed E-state index contributed by atoms with van der Waals surface area (Å²) in [5.41, 5.74) is 5.23. The van der Waals surface area contributed by atoms with E-state index in [0.29, 0.717) is 5.69 Å². The van der Waals surface area contributed by atoms with Crippen molar-refractivity contribution in [2.24, 2.45) is 0 Å². The molecule has 8 heteroatoms. The Morgan fingerprint density at radius 3 is 2.47 bits per heavy atom. The zero-order chi connectivity index (χ0) is 14.2. The third kappa shape index (κ3) is 2.60. The number of hydrogen-bond donors (Lipinski definition) is 2. The van der Waals surface area contributed by atoms with E-state index in [2.05, 4.69) is 10.2 Å². The average molecular weight is 292 g/mol. The normalized spacial score (nSPS) is 11.6. The number of aromatic nitrogens is 2. The van der Waals surface area contributed by atoms with Crippen LogP contribution in [0.5, 0.6) is 5.75 Å². The van der Waals surface area contributed by atoms with Gasteiger partial charge in [0.25, 0.3) is 0 Å². The second-order valence-electron chi connectivity index (χ2n) is 3.74. The van der Waals surface area contributed by atoms with Crippen LogP contribution in [0.25, 0.3) is 11.3 Å². The van der Waals surface area contributed by atoms with E-state index in [1.807, 2.05) is 0 Å². The van der Waals surface area contributed by atoms with Gasteiger partial charge < -0.3 is 10.5 Å². The lowest BCUT2D eigenvalue weighted by Crippen LogP contribution is -2.06. The lowest BCUT2D eigenvalue weighted by atomic mass is 10.1. The van der Waals surface area contributed by atoms with E-state index in [-0.39, 0.29) is 22.2 Å². The lowest BCUT2D eigenvalue weighted by molar-refractivity contribution is -0.137. The maximum absolute atomic E-state index is 12.7. The van der Waals surface area contributed by atoms with Gasteiger partial charge in [-0.05, 0) is 12.1 Å². The number of rotatable bonds is 2. The molecular weight excluding hydrogens is 283 g/mol. The van der Waals surface area contributed by atoms with Gasteiger partial charge in [0.05, 0.1) is 29.0 Å². The average Bonchev–Trinajstić information content (AvgIpc) is 2.73. The van der Waals surface area contributed by atoms with Gasteiger partial charge in [-0.3, -0.25) is 5.10 Å². The number of methoxy groups -OCH3 is 1. The van der Waals surface area contributed by atoms with Crippen molar-refractivity contribution in [3.8, 4) is 17.0 Å². The van der Waals surface area contributed by atoms with Crippen LogP contribution in [0.3, 0.4) is 0 Å². The first kappa shape index (κ1) is 13.5. The Morgan fingerprint density at radius 1 is 1.32 bits per heavy atom. The third-order valence-electron chi connectivity index (χ3n) is 2.47. The van der Waals surface area contributed by atoms with Crippen LogP contribution in [0, 0.1) is 0 Å². The first-order chi connectivity index (χ1) is 8.82. The van der Waals surface area contributed by atoms with Crippen LogP contribution in [0.4, 0.5) is 19.0 Å². The van der Waals surface area contributed by atoms with Crippen molar-refractivity contribution in [3.63, 3.8) is 0 Å². The van der Waals surface area contributed by atoms with Crippen molar-refractivity contribution < 1.29 is 17.9 Å². The molecule has 0 saturated carbocycles. The number of H-pyrrole nitrogens is 1. The smallest absolute Gasteiger partial charge is 0.416 e. The number of halogens is 4. The third-order valence-corrected chi connectivity index (χ3v) is 2.77. The van der Waals surface area contributed by atoms with Crippen LogP contribution in [0.1, 0.15) is 5.56 Å². The SMILES string of the molecule is COc1cc(C(F)(F)F)cc(Cl)c1-c1cc(N)n[nH]1. The monoisotopic (exact) mass is 291 g/mol. The summed E-state index contributed by atoms with van der Waals surface area (Å²) in [6.45, 7) is 0. The summed E-state index contributed by atoms with van der Waals surface area (Å²) in [5.74, 6) is 0.191. The van der Waals surface area contributed by atoms with E-state index in [0.717, 1.165) is 12.1 Å². The summed E-state index contributed by atoms with van der Waals surface area (Å²) < 4.78 is 43.0. The molecular formula is C11H9ClF3N3O. The standard InChI is InChI=1S/C11H9ClF3N3O/c1-19-8-3-5(11(13,14)15)2-6(12)10(8)7-4-9(16)18-17-7/h2-4H,1H3,(H3,16,17,18). The van der Waals surface area contributed by atoms with E-state index in [4.69, 9.17) is 22.1 Å². The number of nitrogens with one attached hydrogen (secondary N) is 1. The number of benzene rings is 1. The number of nitrogen functional groups attached to an aromatic ring is 1. The Kier molecular flexibility index (Phi) is 3.32. The molecule has 1 heterocycles. The molecule has 2 rings (SSSR count). The van der Waals surface area contributed by atoms with Crippen LogP contribution in [-0.2, 0) is 6.18 Å². The van der Waals surface area contributed by atoms with Crippen molar-refractivity contribution in [3.05, 3.63) is 28.8 Å². The fourth-order valence-corrected chi connectivity index (χ4v) is 1.95. The van der Waals surface area contributed by atoms with Crippen molar-refractivity contribution in [1.82, 2.24) is 10.2 Å². The van der Waals surface area contributed by atoms with Gasteiger partial charge in [-0.1, -0.05) is 11.6 Å². The van der Waals surface area contributed by atoms with Crippen LogP contribution >= 0.6 is 11.6 Å². The maximum Gasteiger partial charge on any atom is 0.416 e. The molecule has 0 amide bonds. The molecule has 0 aliphatic rings. The number of nitrogens with two attached hydrogens (primary N) is 1. The predicted molar refractivity (Wildman–Crippen MR) is 65.0 cm³/mol. The highest BCUT2D eigenvalue weighted by molar-refractivity contribution is 6.33. The van der Waals surface area contributed by atoms with Gasteiger partial charge in [-0.2, -0.15) is 18.3 Å². The molecule has 1 aromatic heterocycles. The summed E-state index contributed by atoms with van der Waals surface area (Å²) in [4.78, 5) is 0. The first-order valence-corrected chi connectivity index (χ1v) is 5.46. The van der Waals surface area contributed by atoms with Crippen molar-refractivity contribution in [1.29, 1.82) is 0 Å². The van der Waals surface area contributed by atoms with E-state index >= 15 is 0 Å². The highest BCUT2D eigenvalue weighted by Gasteiger charge is 2.32. The molecule has 4 nitrogen and oxygen atoms in total. The zero-order valence-electron chi connectivity index (χ0n) is 9.68. The van der Waals surface area contributed by atoms with Gasteiger partial charge >= 0.3 is 6.18 Å². The number of alkyl halides is 3. The molecule has 19 heavy (non-hydrogen) atoms. The minimum Gasteiger partial charge on any atom is -0.496 e.